The molecule has 146 valence electrons. The van der Waals surface area contributed by atoms with Crippen molar-refractivity contribution in [1.82, 2.24) is 25.3 Å². The number of fused-ring (bicyclic) bond motifs is 1. The number of unbranched alkanes of at least 4 members (excludes halogenated alkanes) is 1. The van der Waals surface area contributed by atoms with Crippen LogP contribution in [0.1, 0.15) is 31.5 Å². The number of nitrogens with one attached hydrogen (secondary N) is 2. The molecular weight excluding hydrogens is 365 g/mol. The van der Waals surface area contributed by atoms with Gasteiger partial charge in [0.2, 0.25) is 5.91 Å². The lowest BCUT2D eigenvalue weighted by atomic mass is 10.0. The van der Waals surface area contributed by atoms with Gasteiger partial charge in [-0.15, -0.1) is 11.8 Å². The number of H-pyrrole nitrogens is 1. The molecule has 4 rings (SSSR count). The molecule has 27 heavy (non-hydrogen) atoms. The number of rotatable bonds is 6. The van der Waals surface area contributed by atoms with E-state index in [0.29, 0.717) is 5.52 Å². The molecule has 0 bridgehead atoms. The van der Waals surface area contributed by atoms with Crippen LogP contribution in [0.4, 0.5) is 4.39 Å². The van der Waals surface area contributed by atoms with Crippen LogP contribution < -0.4 is 5.32 Å². The maximum atomic E-state index is 13.4. The third-order valence-corrected chi connectivity index (χ3v) is 6.66. The Morgan fingerprint density at radius 1 is 1.33 bits per heavy atom. The van der Waals surface area contributed by atoms with Gasteiger partial charge >= 0.3 is 0 Å². The first-order valence-electron chi connectivity index (χ1n) is 9.62. The predicted octanol–water partition coefficient (Wildman–Crippen LogP) is 2.35. The molecule has 3 heterocycles. The van der Waals surface area contributed by atoms with Gasteiger partial charge in [-0.25, -0.2) is 4.39 Å². The highest BCUT2D eigenvalue weighted by Crippen LogP contribution is 2.28. The summed E-state index contributed by atoms with van der Waals surface area (Å²) >= 11 is 1.72. The summed E-state index contributed by atoms with van der Waals surface area (Å²) < 4.78 is 13.4. The predicted molar refractivity (Wildman–Crippen MR) is 106 cm³/mol. The van der Waals surface area contributed by atoms with Gasteiger partial charge in [0.15, 0.2) is 0 Å². The first-order valence-corrected chi connectivity index (χ1v) is 10.7. The van der Waals surface area contributed by atoms with Crippen LogP contribution in [-0.4, -0.2) is 69.8 Å². The molecule has 1 amide bonds. The molecule has 2 unspecified atom stereocenters. The molecule has 2 fully saturated rings. The maximum Gasteiger partial charge on any atom is 0.236 e. The minimum absolute atomic E-state index is 0.112. The highest BCUT2D eigenvalue weighted by molar-refractivity contribution is 8.01. The van der Waals surface area contributed by atoms with Crippen molar-refractivity contribution in [2.45, 2.75) is 31.1 Å². The summed E-state index contributed by atoms with van der Waals surface area (Å²) in [5, 5.41) is 12.0. The molecule has 0 spiro atoms. The maximum absolute atomic E-state index is 13.4. The van der Waals surface area contributed by atoms with Gasteiger partial charge in [0, 0.05) is 37.6 Å². The number of halogens is 1. The number of aromatic amines is 1. The van der Waals surface area contributed by atoms with Gasteiger partial charge in [0.1, 0.15) is 5.82 Å². The molecule has 2 atom stereocenters. The number of benzene rings is 1. The van der Waals surface area contributed by atoms with E-state index in [0.717, 1.165) is 62.5 Å². The topological polar surface area (TPSA) is 64.3 Å². The summed E-state index contributed by atoms with van der Waals surface area (Å²) in [6, 6.07) is 4.99. The number of carbonyl (C=O) groups is 1. The van der Waals surface area contributed by atoms with Gasteiger partial charge in [0.25, 0.3) is 0 Å². The summed E-state index contributed by atoms with van der Waals surface area (Å²) in [4.78, 5) is 16.4. The Morgan fingerprint density at radius 2 is 2.19 bits per heavy atom. The highest BCUT2D eigenvalue weighted by Gasteiger charge is 2.29. The van der Waals surface area contributed by atoms with E-state index < -0.39 is 0 Å². The van der Waals surface area contributed by atoms with Crippen molar-refractivity contribution in [1.29, 1.82) is 0 Å². The van der Waals surface area contributed by atoms with E-state index in [1.54, 1.807) is 11.8 Å². The third-order valence-electron chi connectivity index (χ3n) is 5.50. The number of carbonyl (C=O) groups excluding carboxylic acids is 1. The van der Waals surface area contributed by atoms with E-state index in [2.05, 4.69) is 20.4 Å². The number of aromatic nitrogens is 2. The van der Waals surface area contributed by atoms with Crippen molar-refractivity contribution in [3.05, 3.63) is 29.7 Å². The third kappa shape index (κ3) is 3.97. The van der Waals surface area contributed by atoms with Gasteiger partial charge in [-0.3, -0.25) is 14.8 Å². The van der Waals surface area contributed by atoms with Gasteiger partial charge in [-0.05, 0) is 38.4 Å². The molecule has 0 aliphatic carbocycles. The van der Waals surface area contributed by atoms with Crippen molar-refractivity contribution in [3.63, 3.8) is 0 Å². The first kappa shape index (κ1) is 18.7. The summed E-state index contributed by atoms with van der Waals surface area (Å²) in [5.74, 6) is 0.840. The van der Waals surface area contributed by atoms with Crippen LogP contribution >= 0.6 is 11.8 Å². The minimum atomic E-state index is -0.261. The molecule has 6 nitrogen and oxygen atoms in total. The molecule has 2 aliphatic heterocycles. The molecule has 2 aliphatic rings. The Kier molecular flexibility index (Phi) is 5.66. The Hall–Kier alpha value is -1.64. The minimum Gasteiger partial charge on any atom is -0.332 e. The standard InChI is InChI=1S/C19H26FN5OS/c1-13-19(26)25(12-27-13)8-3-2-7-24-9-6-21-11-17(24)18-15-5-4-14(20)10-16(15)22-23-18/h4-5,10,13,17,21H,2-3,6-9,11-12H2,1H3,(H,22,23). The molecule has 1 aromatic heterocycles. The van der Waals surface area contributed by atoms with Crippen LogP contribution in [0.25, 0.3) is 10.9 Å². The van der Waals surface area contributed by atoms with Gasteiger partial charge in [-0.2, -0.15) is 5.10 Å². The van der Waals surface area contributed by atoms with E-state index in [4.69, 9.17) is 0 Å². The van der Waals surface area contributed by atoms with Crippen molar-refractivity contribution in [3.8, 4) is 0 Å². The monoisotopic (exact) mass is 391 g/mol. The Morgan fingerprint density at radius 3 is 3.00 bits per heavy atom. The van der Waals surface area contributed by atoms with E-state index in [-0.39, 0.29) is 23.0 Å². The summed E-state index contributed by atoms with van der Waals surface area (Å²) in [7, 11) is 0. The number of amides is 1. The first-order chi connectivity index (χ1) is 13.1. The van der Waals surface area contributed by atoms with E-state index in [1.807, 2.05) is 17.9 Å². The number of hydrogen-bond donors (Lipinski definition) is 2. The lowest BCUT2D eigenvalue weighted by molar-refractivity contribution is -0.128. The number of thioether (sulfide) groups is 1. The fourth-order valence-electron chi connectivity index (χ4n) is 3.94. The SMILES string of the molecule is CC1SCN(CCCCN2CCNCC2c2[nH]nc3cc(F)ccc23)C1=O. The molecular formula is C19H26FN5OS. The molecule has 2 saturated heterocycles. The zero-order valence-electron chi connectivity index (χ0n) is 15.6. The lowest BCUT2D eigenvalue weighted by Gasteiger charge is -2.35. The largest absolute Gasteiger partial charge is 0.332 e. The molecule has 1 aromatic carbocycles. The molecule has 2 N–H and O–H groups in total. The number of hydrogen-bond acceptors (Lipinski definition) is 5. The van der Waals surface area contributed by atoms with E-state index in [9.17, 15) is 9.18 Å². The van der Waals surface area contributed by atoms with Crippen molar-refractivity contribution in [2.75, 3.05) is 38.6 Å². The number of nitrogens with zero attached hydrogens (tertiary/aromatic N) is 3. The van der Waals surface area contributed by atoms with Crippen LogP contribution in [0, 0.1) is 5.82 Å². The van der Waals surface area contributed by atoms with Crippen molar-refractivity contribution in [2.24, 2.45) is 0 Å². The lowest BCUT2D eigenvalue weighted by Crippen LogP contribution is -2.46. The van der Waals surface area contributed by atoms with Crippen molar-refractivity contribution < 1.29 is 9.18 Å². The second-order valence-corrected chi connectivity index (χ2v) is 8.60. The molecule has 8 heteroatoms. The number of piperazine rings is 1. The second kappa shape index (κ2) is 8.16. The Labute approximate surface area is 162 Å². The van der Waals surface area contributed by atoms with Crippen LogP contribution in [0.3, 0.4) is 0 Å². The van der Waals surface area contributed by atoms with Crippen LogP contribution in [0.15, 0.2) is 18.2 Å². The van der Waals surface area contributed by atoms with Gasteiger partial charge in [0.05, 0.1) is 28.4 Å². The summed E-state index contributed by atoms with van der Waals surface area (Å²) in [6.45, 7) is 6.61. The average Bonchev–Trinajstić information content (AvgIpc) is 3.23. The summed E-state index contributed by atoms with van der Waals surface area (Å²) in [5.41, 5.74) is 1.73. The zero-order valence-corrected chi connectivity index (χ0v) is 16.4. The fourth-order valence-corrected chi connectivity index (χ4v) is 4.90. The normalized spacial score (nSPS) is 24.2. The Balaban J connectivity index is 1.37. The smallest absolute Gasteiger partial charge is 0.236 e. The van der Waals surface area contributed by atoms with Crippen molar-refractivity contribution >= 4 is 28.6 Å². The second-order valence-electron chi connectivity index (χ2n) is 7.30. The van der Waals surface area contributed by atoms with Gasteiger partial charge in [-0.1, -0.05) is 0 Å². The molecule has 0 radical (unpaired) electrons. The van der Waals surface area contributed by atoms with Gasteiger partial charge < -0.3 is 10.2 Å². The Bertz CT molecular complexity index is 812. The van der Waals surface area contributed by atoms with E-state index in [1.165, 1.54) is 12.1 Å². The van der Waals surface area contributed by atoms with Crippen LogP contribution in [-0.2, 0) is 4.79 Å². The van der Waals surface area contributed by atoms with Crippen LogP contribution in [0.5, 0.6) is 0 Å². The fraction of sp³-hybridized carbons (Fsp3) is 0.579. The highest BCUT2D eigenvalue weighted by atomic mass is 32.2. The average molecular weight is 392 g/mol. The van der Waals surface area contributed by atoms with E-state index >= 15 is 0 Å². The summed E-state index contributed by atoms with van der Waals surface area (Å²) in [6.07, 6.45) is 2.07. The quantitative estimate of drug-likeness (QED) is 0.740. The van der Waals surface area contributed by atoms with Crippen LogP contribution in [0.2, 0.25) is 0 Å². The molecule has 0 saturated carbocycles. The molecule has 2 aromatic rings. The zero-order chi connectivity index (χ0) is 18.8.